The molecule has 5 rings (SSSR count). The number of hydrogen-bond donors (Lipinski definition) is 0. The SMILES string of the molecule is Cc1ccc(C(C)(C)C)cc1Cc1nc(N2CCC(c3cccnc3F)CC2)nc2ncn(C)c12. The van der Waals surface area contributed by atoms with Crippen LogP contribution in [0.2, 0.25) is 0 Å². The summed E-state index contributed by atoms with van der Waals surface area (Å²) >= 11 is 0. The second-order valence-electron chi connectivity index (χ2n) is 10.7. The Labute approximate surface area is 206 Å². The van der Waals surface area contributed by atoms with Crippen LogP contribution in [0.5, 0.6) is 0 Å². The molecule has 1 aliphatic rings. The number of piperidine rings is 1. The molecule has 0 bridgehead atoms. The number of pyridine rings is 1. The summed E-state index contributed by atoms with van der Waals surface area (Å²) in [5, 5.41) is 0. The molecule has 182 valence electrons. The van der Waals surface area contributed by atoms with Crippen molar-refractivity contribution < 1.29 is 4.39 Å². The highest BCUT2D eigenvalue weighted by molar-refractivity contribution is 5.75. The van der Waals surface area contributed by atoms with Crippen LogP contribution in [0, 0.1) is 12.9 Å². The van der Waals surface area contributed by atoms with Gasteiger partial charge in [-0.2, -0.15) is 9.37 Å². The third-order valence-electron chi connectivity index (χ3n) is 7.21. The van der Waals surface area contributed by atoms with Gasteiger partial charge in [-0.1, -0.05) is 45.0 Å². The van der Waals surface area contributed by atoms with E-state index >= 15 is 0 Å². The lowest BCUT2D eigenvalue weighted by Gasteiger charge is -2.32. The number of rotatable bonds is 4. The third-order valence-corrected chi connectivity index (χ3v) is 7.21. The summed E-state index contributed by atoms with van der Waals surface area (Å²) in [5.41, 5.74) is 7.32. The molecular formula is C28H33FN6. The Morgan fingerprint density at radius 2 is 1.83 bits per heavy atom. The van der Waals surface area contributed by atoms with Crippen molar-refractivity contribution in [3.63, 3.8) is 0 Å². The monoisotopic (exact) mass is 472 g/mol. The van der Waals surface area contributed by atoms with Crippen LogP contribution in [-0.4, -0.2) is 37.6 Å². The second kappa shape index (κ2) is 9.02. The van der Waals surface area contributed by atoms with Gasteiger partial charge in [0.15, 0.2) is 5.65 Å². The van der Waals surface area contributed by atoms with E-state index in [9.17, 15) is 4.39 Å². The smallest absolute Gasteiger partial charge is 0.227 e. The summed E-state index contributed by atoms with van der Waals surface area (Å²) in [6.07, 6.45) is 5.72. The topological polar surface area (TPSA) is 59.7 Å². The van der Waals surface area contributed by atoms with E-state index in [4.69, 9.17) is 9.97 Å². The van der Waals surface area contributed by atoms with Crippen LogP contribution in [0.1, 0.15) is 67.5 Å². The highest BCUT2D eigenvalue weighted by Crippen LogP contribution is 2.32. The minimum absolute atomic E-state index is 0.0826. The fourth-order valence-corrected chi connectivity index (χ4v) is 4.99. The first kappa shape index (κ1) is 23.4. The maximum absolute atomic E-state index is 14.2. The molecule has 6 nitrogen and oxygen atoms in total. The number of nitrogens with zero attached hydrogens (tertiary/aromatic N) is 6. The van der Waals surface area contributed by atoms with Crippen LogP contribution in [0.15, 0.2) is 42.9 Å². The largest absolute Gasteiger partial charge is 0.341 e. The Kier molecular flexibility index (Phi) is 6.03. The lowest BCUT2D eigenvalue weighted by Crippen LogP contribution is -2.34. The number of hydrogen-bond acceptors (Lipinski definition) is 5. The van der Waals surface area contributed by atoms with Gasteiger partial charge in [-0.3, -0.25) is 0 Å². The second-order valence-corrected chi connectivity index (χ2v) is 10.7. The molecule has 0 spiro atoms. The highest BCUT2D eigenvalue weighted by Gasteiger charge is 2.26. The van der Waals surface area contributed by atoms with Gasteiger partial charge in [0, 0.05) is 38.3 Å². The average Bonchev–Trinajstić information content (AvgIpc) is 3.21. The summed E-state index contributed by atoms with van der Waals surface area (Å²) < 4.78 is 16.2. The molecule has 7 heteroatoms. The molecule has 0 N–H and O–H groups in total. The molecule has 0 amide bonds. The van der Waals surface area contributed by atoms with Crippen molar-refractivity contribution >= 4 is 17.1 Å². The molecule has 4 heterocycles. The molecule has 3 aromatic heterocycles. The highest BCUT2D eigenvalue weighted by atomic mass is 19.1. The molecule has 1 aliphatic heterocycles. The standard InChI is InChI=1S/C28H33FN6/c1-18-8-9-21(28(2,3)4)15-20(18)16-23-24-26(31-17-34(24)5)33-27(32-23)35-13-10-19(11-14-35)22-7-6-12-30-25(22)29/h6-9,12,15,17,19H,10-11,13-14,16H2,1-5H3. The molecule has 0 saturated carbocycles. The summed E-state index contributed by atoms with van der Waals surface area (Å²) in [7, 11) is 1.99. The molecule has 35 heavy (non-hydrogen) atoms. The van der Waals surface area contributed by atoms with Gasteiger partial charge in [0.2, 0.25) is 11.9 Å². The van der Waals surface area contributed by atoms with E-state index in [0.29, 0.717) is 11.5 Å². The molecule has 0 radical (unpaired) electrons. The number of fused-ring (bicyclic) bond motifs is 1. The van der Waals surface area contributed by atoms with Gasteiger partial charge in [-0.15, -0.1) is 0 Å². The first-order chi connectivity index (χ1) is 16.7. The maximum Gasteiger partial charge on any atom is 0.227 e. The first-order valence-corrected chi connectivity index (χ1v) is 12.3. The molecule has 0 aliphatic carbocycles. The molecule has 0 unspecified atom stereocenters. The summed E-state index contributed by atoms with van der Waals surface area (Å²) in [6.45, 7) is 10.4. The molecule has 1 saturated heterocycles. The minimum atomic E-state index is -0.354. The molecular weight excluding hydrogens is 439 g/mol. The van der Waals surface area contributed by atoms with Crippen molar-refractivity contribution in [2.45, 2.75) is 58.3 Å². The van der Waals surface area contributed by atoms with Crippen molar-refractivity contribution in [3.05, 3.63) is 76.8 Å². The quantitative estimate of drug-likeness (QED) is 0.368. The Hall–Kier alpha value is -3.35. The Morgan fingerprint density at radius 1 is 1.06 bits per heavy atom. The Bertz CT molecular complexity index is 1360. The van der Waals surface area contributed by atoms with E-state index in [2.05, 4.69) is 60.8 Å². The van der Waals surface area contributed by atoms with E-state index in [1.165, 1.54) is 22.9 Å². The Balaban J connectivity index is 1.45. The van der Waals surface area contributed by atoms with E-state index in [0.717, 1.165) is 49.2 Å². The molecule has 0 atom stereocenters. The zero-order chi connectivity index (χ0) is 24.7. The average molecular weight is 473 g/mol. The van der Waals surface area contributed by atoms with Crippen LogP contribution in [-0.2, 0) is 18.9 Å². The summed E-state index contributed by atoms with van der Waals surface area (Å²) in [5.74, 6) is 0.522. The fourth-order valence-electron chi connectivity index (χ4n) is 4.99. The normalized spacial score (nSPS) is 15.2. The Morgan fingerprint density at radius 3 is 2.54 bits per heavy atom. The first-order valence-electron chi connectivity index (χ1n) is 12.3. The predicted octanol–water partition coefficient (Wildman–Crippen LogP) is 5.48. The molecule has 4 aromatic rings. The number of imidazole rings is 1. The minimum Gasteiger partial charge on any atom is -0.341 e. The van der Waals surface area contributed by atoms with Crippen LogP contribution in [0.25, 0.3) is 11.2 Å². The van der Waals surface area contributed by atoms with Crippen molar-refractivity contribution in [3.8, 4) is 0 Å². The van der Waals surface area contributed by atoms with Gasteiger partial charge in [0.25, 0.3) is 0 Å². The van der Waals surface area contributed by atoms with Gasteiger partial charge in [0.1, 0.15) is 5.52 Å². The summed E-state index contributed by atoms with van der Waals surface area (Å²) in [6, 6.07) is 10.4. The number of anilines is 1. The van der Waals surface area contributed by atoms with Gasteiger partial charge < -0.3 is 9.47 Å². The van der Waals surface area contributed by atoms with Crippen molar-refractivity contribution in [2.75, 3.05) is 18.0 Å². The fraction of sp³-hybridized carbons (Fsp3) is 0.429. The van der Waals surface area contributed by atoms with E-state index < -0.39 is 0 Å². The van der Waals surface area contributed by atoms with Crippen LogP contribution in [0.4, 0.5) is 10.3 Å². The van der Waals surface area contributed by atoms with Gasteiger partial charge in [-0.05, 0) is 53.9 Å². The maximum atomic E-state index is 14.2. The summed E-state index contributed by atoms with van der Waals surface area (Å²) in [4.78, 5) is 20.5. The molecule has 1 aromatic carbocycles. The van der Waals surface area contributed by atoms with Crippen molar-refractivity contribution in [1.29, 1.82) is 0 Å². The number of benzene rings is 1. The van der Waals surface area contributed by atoms with Crippen LogP contribution >= 0.6 is 0 Å². The van der Waals surface area contributed by atoms with Gasteiger partial charge in [-0.25, -0.2) is 15.0 Å². The van der Waals surface area contributed by atoms with E-state index in [-0.39, 0.29) is 17.3 Å². The zero-order valence-electron chi connectivity index (χ0n) is 21.2. The van der Waals surface area contributed by atoms with Crippen molar-refractivity contribution in [1.82, 2.24) is 24.5 Å². The zero-order valence-corrected chi connectivity index (χ0v) is 21.2. The van der Waals surface area contributed by atoms with Crippen molar-refractivity contribution in [2.24, 2.45) is 7.05 Å². The van der Waals surface area contributed by atoms with Gasteiger partial charge in [0.05, 0.1) is 12.0 Å². The van der Waals surface area contributed by atoms with Crippen LogP contribution in [0.3, 0.4) is 0 Å². The van der Waals surface area contributed by atoms with Gasteiger partial charge >= 0.3 is 0 Å². The number of aryl methyl sites for hydroxylation is 2. The predicted molar refractivity (Wildman–Crippen MR) is 137 cm³/mol. The number of aromatic nitrogens is 5. The lowest BCUT2D eigenvalue weighted by molar-refractivity contribution is 0.467. The lowest BCUT2D eigenvalue weighted by atomic mass is 9.84. The van der Waals surface area contributed by atoms with E-state index in [1.807, 2.05) is 30.1 Å². The third kappa shape index (κ3) is 4.64. The van der Waals surface area contributed by atoms with E-state index in [1.54, 1.807) is 0 Å². The van der Waals surface area contributed by atoms with Crippen LogP contribution < -0.4 is 4.90 Å². The number of halogens is 1. The molecule has 1 fully saturated rings.